The molecule has 4 nitrogen and oxygen atoms in total. The molecule has 0 N–H and O–H groups in total. The van der Waals surface area contributed by atoms with E-state index in [4.69, 9.17) is 4.74 Å². The quantitative estimate of drug-likeness (QED) is 0.300. The molecule has 0 unspecified atom stereocenters. The number of halogens is 3. The summed E-state index contributed by atoms with van der Waals surface area (Å²) in [5, 5.41) is 0. The number of amides is 1. The Balaban J connectivity index is 2.29. The van der Waals surface area contributed by atoms with Crippen molar-refractivity contribution in [3.8, 4) is 0 Å². The number of esters is 1. The molecule has 29 heavy (non-hydrogen) atoms. The lowest BCUT2D eigenvalue weighted by Crippen LogP contribution is -2.34. The van der Waals surface area contributed by atoms with Gasteiger partial charge in [-0.1, -0.05) is 70.4 Å². The fourth-order valence-corrected chi connectivity index (χ4v) is 3.03. The van der Waals surface area contributed by atoms with Crippen LogP contribution in [0.2, 0.25) is 0 Å². The van der Waals surface area contributed by atoms with Gasteiger partial charge < -0.3 is 9.64 Å². The first kappa shape index (κ1) is 25.0. The van der Waals surface area contributed by atoms with Gasteiger partial charge in [0.15, 0.2) is 0 Å². The Morgan fingerprint density at radius 1 is 0.931 bits per heavy atom. The Kier molecular flexibility index (Phi) is 11.4. The highest BCUT2D eigenvalue weighted by Gasteiger charge is 2.35. The SMILES string of the molecule is CCCCCCCCCCCOC(=O)CN(C)C(=O)c1ccccc1C(F)(F)F. The van der Waals surface area contributed by atoms with Crippen molar-refractivity contribution in [2.45, 2.75) is 70.9 Å². The number of carbonyl (C=O) groups is 2. The second-order valence-electron chi connectivity index (χ2n) is 7.25. The van der Waals surface area contributed by atoms with Gasteiger partial charge in [-0.3, -0.25) is 9.59 Å². The standard InChI is InChI=1S/C22H32F3NO3/c1-3-4-5-6-7-8-9-10-13-16-29-20(27)17-26(2)21(28)18-14-11-12-15-19(18)22(23,24)25/h11-12,14-15H,3-10,13,16-17H2,1-2H3. The molecule has 0 aliphatic carbocycles. The number of benzene rings is 1. The van der Waals surface area contributed by atoms with Crippen LogP contribution in [0.5, 0.6) is 0 Å². The summed E-state index contributed by atoms with van der Waals surface area (Å²) in [5.41, 5.74) is -1.49. The Labute approximate surface area is 171 Å². The maximum Gasteiger partial charge on any atom is 0.417 e. The van der Waals surface area contributed by atoms with Crippen LogP contribution in [0.1, 0.15) is 80.6 Å². The lowest BCUT2D eigenvalue weighted by atomic mass is 10.1. The third-order valence-electron chi connectivity index (χ3n) is 4.69. The summed E-state index contributed by atoms with van der Waals surface area (Å²) < 4.78 is 44.2. The van der Waals surface area contributed by atoms with Gasteiger partial charge in [0, 0.05) is 7.05 Å². The highest BCUT2D eigenvalue weighted by molar-refractivity contribution is 5.97. The molecule has 164 valence electrons. The molecule has 7 heteroatoms. The minimum Gasteiger partial charge on any atom is -0.464 e. The third-order valence-corrected chi connectivity index (χ3v) is 4.69. The number of rotatable bonds is 13. The van der Waals surface area contributed by atoms with E-state index < -0.39 is 29.2 Å². The van der Waals surface area contributed by atoms with E-state index in [9.17, 15) is 22.8 Å². The molecule has 0 fully saturated rings. The molecule has 1 rings (SSSR count). The van der Waals surface area contributed by atoms with Gasteiger partial charge >= 0.3 is 12.1 Å². The van der Waals surface area contributed by atoms with Crippen molar-refractivity contribution in [2.75, 3.05) is 20.2 Å². The summed E-state index contributed by atoms with van der Waals surface area (Å²) in [4.78, 5) is 25.1. The predicted molar refractivity (Wildman–Crippen MR) is 107 cm³/mol. The van der Waals surface area contributed by atoms with Gasteiger partial charge in [0.1, 0.15) is 6.54 Å². The van der Waals surface area contributed by atoms with Crippen molar-refractivity contribution >= 4 is 11.9 Å². The number of likely N-dealkylation sites (N-methyl/N-ethyl adjacent to an activating group) is 1. The van der Waals surface area contributed by atoms with Crippen molar-refractivity contribution in [3.63, 3.8) is 0 Å². The van der Waals surface area contributed by atoms with E-state index >= 15 is 0 Å². The van der Waals surface area contributed by atoms with E-state index in [2.05, 4.69) is 6.92 Å². The number of hydrogen-bond acceptors (Lipinski definition) is 3. The van der Waals surface area contributed by atoms with Crippen LogP contribution >= 0.6 is 0 Å². The second-order valence-corrected chi connectivity index (χ2v) is 7.25. The Bertz CT molecular complexity index is 632. The van der Waals surface area contributed by atoms with E-state index in [1.54, 1.807) is 0 Å². The molecule has 0 atom stereocenters. The summed E-state index contributed by atoms with van der Waals surface area (Å²) in [5.74, 6) is -1.48. The number of alkyl halides is 3. The molecular weight excluding hydrogens is 383 g/mol. The van der Waals surface area contributed by atoms with Crippen LogP contribution in [-0.4, -0.2) is 37.0 Å². The summed E-state index contributed by atoms with van der Waals surface area (Å²) in [7, 11) is 1.29. The van der Waals surface area contributed by atoms with E-state index in [0.29, 0.717) is 0 Å². The number of carbonyl (C=O) groups excluding carboxylic acids is 2. The minimum atomic E-state index is -4.64. The maximum atomic E-state index is 13.0. The number of unbranched alkanes of at least 4 members (excludes halogenated alkanes) is 8. The zero-order valence-corrected chi connectivity index (χ0v) is 17.4. The molecule has 1 amide bonds. The molecule has 0 bridgehead atoms. The Morgan fingerprint density at radius 2 is 1.48 bits per heavy atom. The molecule has 1 aromatic carbocycles. The molecular formula is C22H32F3NO3. The molecule has 1 aromatic rings. The van der Waals surface area contributed by atoms with Gasteiger partial charge in [0.25, 0.3) is 5.91 Å². The van der Waals surface area contributed by atoms with Gasteiger partial charge in [-0.25, -0.2) is 0 Å². The van der Waals surface area contributed by atoms with Crippen LogP contribution in [-0.2, 0) is 15.7 Å². The van der Waals surface area contributed by atoms with Crippen LogP contribution in [0.25, 0.3) is 0 Å². The van der Waals surface area contributed by atoms with Gasteiger partial charge in [-0.15, -0.1) is 0 Å². The number of nitrogens with zero attached hydrogens (tertiary/aromatic N) is 1. The Hall–Kier alpha value is -2.05. The molecule has 0 aliphatic rings. The van der Waals surface area contributed by atoms with E-state index in [1.165, 1.54) is 57.7 Å². The number of hydrogen-bond donors (Lipinski definition) is 0. The summed E-state index contributed by atoms with van der Waals surface area (Å²) in [6, 6.07) is 4.54. The monoisotopic (exact) mass is 415 g/mol. The van der Waals surface area contributed by atoms with Crippen molar-refractivity contribution in [1.29, 1.82) is 0 Å². The smallest absolute Gasteiger partial charge is 0.417 e. The zero-order chi connectivity index (χ0) is 21.7. The van der Waals surface area contributed by atoms with Gasteiger partial charge in [0.05, 0.1) is 17.7 Å². The average molecular weight is 415 g/mol. The summed E-state index contributed by atoms with van der Waals surface area (Å²) >= 11 is 0. The van der Waals surface area contributed by atoms with Crippen LogP contribution < -0.4 is 0 Å². The van der Waals surface area contributed by atoms with Crippen LogP contribution in [0.3, 0.4) is 0 Å². The fraction of sp³-hybridized carbons (Fsp3) is 0.636. The first-order valence-electron chi connectivity index (χ1n) is 10.3. The molecule has 0 saturated heterocycles. The molecule has 0 saturated carbocycles. The third kappa shape index (κ3) is 9.81. The van der Waals surface area contributed by atoms with Gasteiger partial charge in [0.2, 0.25) is 0 Å². The average Bonchev–Trinajstić information content (AvgIpc) is 2.68. The van der Waals surface area contributed by atoms with Crippen LogP contribution in [0.15, 0.2) is 24.3 Å². The minimum absolute atomic E-state index is 0.260. The lowest BCUT2D eigenvalue weighted by Gasteiger charge is -2.19. The second kappa shape index (κ2) is 13.2. The van der Waals surface area contributed by atoms with Gasteiger partial charge in [-0.2, -0.15) is 13.2 Å². The van der Waals surface area contributed by atoms with Crippen LogP contribution in [0, 0.1) is 0 Å². The predicted octanol–water partition coefficient (Wildman–Crippen LogP) is 5.85. The van der Waals surface area contributed by atoms with Crippen molar-refractivity contribution in [2.24, 2.45) is 0 Å². The zero-order valence-electron chi connectivity index (χ0n) is 17.4. The molecule has 0 heterocycles. The fourth-order valence-electron chi connectivity index (χ4n) is 3.03. The molecule has 0 spiro atoms. The highest BCUT2D eigenvalue weighted by atomic mass is 19.4. The maximum absolute atomic E-state index is 13.0. The largest absolute Gasteiger partial charge is 0.464 e. The van der Waals surface area contributed by atoms with Crippen molar-refractivity contribution in [3.05, 3.63) is 35.4 Å². The molecule has 0 radical (unpaired) electrons. The molecule has 0 aromatic heterocycles. The van der Waals surface area contributed by atoms with Crippen LogP contribution in [0.4, 0.5) is 13.2 Å². The van der Waals surface area contributed by atoms with Crippen molar-refractivity contribution < 1.29 is 27.5 Å². The summed E-state index contributed by atoms with van der Waals surface area (Å²) in [6.45, 7) is 2.06. The topological polar surface area (TPSA) is 46.6 Å². The van der Waals surface area contributed by atoms with Gasteiger partial charge in [-0.05, 0) is 18.6 Å². The summed E-state index contributed by atoms with van der Waals surface area (Å²) in [6.07, 6.45) is 5.65. The van der Waals surface area contributed by atoms with E-state index in [0.717, 1.165) is 36.3 Å². The Morgan fingerprint density at radius 3 is 2.07 bits per heavy atom. The highest BCUT2D eigenvalue weighted by Crippen LogP contribution is 2.32. The first-order valence-corrected chi connectivity index (χ1v) is 10.3. The lowest BCUT2D eigenvalue weighted by molar-refractivity contribution is -0.144. The molecule has 0 aliphatic heterocycles. The van der Waals surface area contributed by atoms with E-state index in [-0.39, 0.29) is 13.2 Å². The first-order chi connectivity index (χ1) is 13.8. The van der Waals surface area contributed by atoms with E-state index in [1.807, 2.05) is 0 Å². The number of ether oxygens (including phenoxy) is 1. The van der Waals surface area contributed by atoms with Crippen molar-refractivity contribution in [1.82, 2.24) is 4.90 Å². The normalized spacial score (nSPS) is 11.3.